The maximum atomic E-state index is 6.02. The van der Waals surface area contributed by atoms with E-state index in [1.807, 2.05) is 48.5 Å². The number of hydrogen-bond donors (Lipinski definition) is 0. The van der Waals surface area contributed by atoms with E-state index >= 15 is 0 Å². The Bertz CT molecular complexity index is 515. The van der Waals surface area contributed by atoms with Gasteiger partial charge in [0.15, 0.2) is 0 Å². The quantitative estimate of drug-likeness (QED) is 0.609. The van der Waals surface area contributed by atoms with Crippen LogP contribution in [0.25, 0.3) is 0 Å². The molecule has 0 amide bonds. The van der Waals surface area contributed by atoms with Gasteiger partial charge in [0.2, 0.25) is 0 Å². The van der Waals surface area contributed by atoms with Gasteiger partial charge in [-0.3, -0.25) is 0 Å². The molecule has 3 heteroatoms. The van der Waals surface area contributed by atoms with Crippen LogP contribution >= 0.6 is 27.5 Å². The average Bonchev–Trinajstić information content (AvgIpc) is 2.47. The molecule has 0 N–H and O–H groups in total. The summed E-state index contributed by atoms with van der Waals surface area (Å²) in [5.41, 5.74) is 1.28. The van der Waals surface area contributed by atoms with Crippen LogP contribution in [0.15, 0.2) is 54.6 Å². The molecule has 20 heavy (non-hydrogen) atoms. The lowest BCUT2D eigenvalue weighted by molar-refractivity contribution is 0.285. The Balaban J connectivity index is 1.80. The summed E-state index contributed by atoms with van der Waals surface area (Å²) in [5, 5.41) is 1.77. The summed E-state index contributed by atoms with van der Waals surface area (Å²) >= 11 is 9.61. The van der Waals surface area contributed by atoms with Gasteiger partial charge in [0.1, 0.15) is 5.75 Å². The lowest BCUT2D eigenvalue weighted by atomic mass is 9.98. The van der Waals surface area contributed by atoms with E-state index in [0.29, 0.717) is 5.92 Å². The number of benzene rings is 2. The molecule has 2 aromatic rings. The largest absolute Gasteiger partial charge is 0.494 e. The van der Waals surface area contributed by atoms with Gasteiger partial charge in [0, 0.05) is 10.4 Å². The number of alkyl halides is 1. The Morgan fingerprint density at radius 2 is 1.85 bits per heavy atom. The number of halogens is 2. The molecule has 0 radical (unpaired) electrons. The molecule has 0 fully saturated rings. The Morgan fingerprint density at radius 3 is 2.55 bits per heavy atom. The molecule has 106 valence electrons. The van der Waals surface area contributed by atoms with Crippen molar-refractivity contribution in [3.8, 4) is 5.75 Å². The van der Waals surface area contributed by atoms with Crippen molar-refractivity contribution in [2.75, 3.05) is 11.9 Å². The molecular formula is C17H18BrClO. The standard InChI is InChI=1S/C17H18BrClO/c18-13-15(11-14-5-4-6-16(19)12-14)9-10-20-17-7-2-1-3-8-17/h1-8,12,15H,9-11,13H2. The molecule has 1 unspecified atom stereocenters. The summed E-state index contributed by atoms with van der Waals surface area (Å²) in [7, 11) is 0. The molecule has 0 spiro atoms. The highest BCUT2D eigenvalue weighted by atomic mass is 79.9. The van der Waals surface area contributed by atoms with Crippen molar-refractivity contribution in [2.24, 2.45) is 5.92 Å². The maximum absolute atomic E-state index is 6.02. The zero-order valence-corrected chi connectivity index (χ0v) is 13.6. The normalized spacial score (nSPS) is 12.1. The molecule has 2 aromatic carbocycles. The summed E-state index contributed by atoms with van der Waals surface area (Å²) in [5.74, 6) is 1.49. The smallest absolute Gasteiger partial charge is 0.119 e. The third-order valence-corrected chi connectivity index (χ3v) is 4.32. The summed E-state index contributed by atoms with van der Waals surface area (Å²) in [6, 6.07) is 18.0. The Labute approximate surface area is 134 Å². The fraction of sp³-hybridized carbons (Fsp3) is 0.294. The lowest BCUT2D eigenvalue weighted by Crippen LogP contribution is -2.11. The Morgan fingerprint density at radius 1 is 1.05 bits per heavy atom. The molecule has 2 rings (SSSR count). The second-order valence-corrected chi connectivity index (χ2v) is 5.89. The summed E-state index contributed by atoms with van der Waals surface area (Å²) in [4.78, 5) is 0. The van der Waals surface area contributed by atoms with Gasteiger partial charge in [-0.2, -0.15) is 0 Å². The summed E-state index contributed by atoms with van der Waals surface area (Å²) in [6.45, 7) is 0.737. The first kappa shape index (κ1) is 15.4. The predicted octanol–water partition coefficient (Wildman–Crippen LogP) is 5.36. The molecule has 0 aromatic heterocycles. The molecule has 0 aliphatic rings. The Kier molecular flexibility index (Phi) is 6.41. The Hall–Kier alpha value is -0.990. The highest BCUT2D eigenvalue weighted by Gasteiger charge is 2.09. The number of hydrogen-bond acceptors (Lipinski definition) is 1. The van der Waals surface area contributed by atoms with Crippen molar-refractivity contribution in [3.05, 3.63) is 65.2 Å². The van der Waals surface area contributed by atoms with Crippen molar-refractivity contribution in [2.45, 2.75) is 12.8 Å². The fourth-order valence-electron chi connectivity index (χ4n) is 2.09. The third-order valence-electron chi connectivity index (χ3n) is 3.17. The van der Waals surface area contributed by atoms with Gasteiger partial charge in [-0.15, -0.1) is 0 Å². The van der Waals surface area contributed by atoms with E-state index in [1.165, 1.54) is 5.56 Å². The van der Waals surface area contributed by atoms with E-state index in [4.69, 9.17) is 16.3 Å². The lowest BCUT2D eigenvalue weighted by Gasteiger charge is -2.15. The SMILES string of the molecule is Clc1cccc(CC(CBr)CCOc2ccccc2)c1. The van der Waals surface area contributed by atoms with Crippen LogP contribution in [0.4, 0.5) is 0 Å². The minimum absolute atomic E-state index is 0.553. The van der Waals surface area contributed by atoms with Gasteiger partial charge in [-0.05, 0) is 48.6 Å². The van der Waals surface area contributed by atoms with Gasteiger partial charge in [0.05, 0.1) is 6.61 Å². The predicted molar refractivity (Wildman–Crippen MR) is 89.0 cm³/mol. The second-order valence-electron chi connectivity index (χ2n) is 4.80. The molecule has 0 aliphatic heterocycles. The highest BCUT2D eigenvalue weighted by molar-refractivity contribution is 9.09. The topological polar surface area (TPSA) is 9.23 Å². The minimum atomic E-state index is 0.553. The maximum Gasteiger partial charge on any atom is 0.119 e. The van der Waals surface area contributed by atoms with Crippen LogP contribution in [0.1, 0.15) is 12.0 Å². The molecule has 1 nitrogen and oxygen atoms in total. The van der Waals surface area contributed by atoms with Gasteiger partial charge in [-0.1, -0.05) is 57.9 Å². The number of ether oxygens (including phenoxy) is 1. The monoisotopic (exact) mass is 352 g/mol. The number of para-hydroxylation sites is 1. The van der Waals surface area contributed by atoms with Crippen molar-refractivity contribution >= 4 is 27.5 Å². The third kappa shape index (κ3) is 5.18. The zero-order valence-electron chi connectivity index (χ0n) is 11.3. The van der Waals surface area contributed by atoms with Crippen molar-refractivity contribution in [1.82, 2.24) is 0 Å². The number of rotatable bonds is 7. The van der Waals surface area contributed by atoms with Crippen LogP contribution in [-0.4, -0.2) is 11.9 Å². The van der Waals surface area contributed by atoms with Crippen LogP contribution < -0.4 is 4.74 Å². The second kappa shape index (κ2) is 8.33. The van der Waals surface area contributed by atoms with Crippen LogP contribution in [-0.2, 0) is 6.42 Å². The molecule has 0 saturated carbocycles. The van der Waals surface area contributed by atoms with Crippen molar-refractivity contribution < 1.29 is 4.74 Å². The zero-order chi connectivity index (χ0) is 14.2. The summed E-state index contributed by atoms with van der Waals surface area (Å²) in [6.07, 6.45) is 2.04. The first-order chi connectivity index (χ1) is 9.78. The van der Waals surface area contributed by atoms with E-state index in [0.717, 1.165) is 35.6 Å². The van der Waals surface area contributed by atoms with Crippen LogP contribution in [0.2, 0.25) is 5.02 Å². The highest BCUT2D eigenvalue weighted by Crippen LogP contribution is 2.19. The van der Waals surface area contributed by atoms with Gasteiger partial charge in [-0.25, -0.2) is 0 Å². The molecule has 0 heterocycles. The minimum Gasteiger partial charge on any atom is -0.494 e. The van der Waals surface area contributed by atoms with Gasteiger partial charge < -0.3 is 4.74 Å². The van der Waals surface area contributed by atoms with Crippen LogP contribution in [0.3, 0.4) is 0 Å². The van der Waals surface area contributed by atoms with E-state index in [1.54, 1.807) is 0 Å². The van der Waals surface area contributed by atoms with Crippen molar-refractivity contribution in [3.63, 3.8) is 0 Å². The first-order valence-corrected chi connectivity index (χ1v) is 8.26. The van der Waals surface area contributed by atoms with Crippen LogP contribution in [0.5, 0.6) is 5.75 Å². The van der Waals surface area contributed by atoms with Crippen LogP contribution in [0, 0.1) is 5.92 Å². The molecule has 0 bridgehead atoms. The van der Waals surface area contributed by atoms with Gasteiger partial charge >= 0.3 is 0 Å². The molecule has 0 saturated heterocycles. The fourth-order valence-corrected chi connectivity index (χ4v) is 2.86. The molecular weight excluding hydrogens is 336 g/mol. The van der Waals surface area contributed by atoms with E-state index in [2.05, 4.69) is 22.0 Å². The molecule has 1 atom stereocenters. The first-order valence-electron chi connectivity index (χ1n) is 6.76. The molecule has 0 aliphatic carbocycles. The van der Waals surface area contributed by atoms with E-state index in [9.17, 15) is 0 Å². The van der Waals surface area contributed by atoms with E-state index < -0.39 is 0 Å². The van der Waals surface area contributed by atoms with Gasteiger partial charge in [0.25, 0.3) is 0 Å². The van der Waals surface area contributed by atoms with Crippen molar-refractivity contribution in [1.29, 1.82) is 0 Å². The summed E-state index contributed by atoms with van der Waals surface area (Å²) < 4.78 is 5.75. The average molecular weight is 354 g/mol. The van der Waals surface area contributed by atoms with E-state index in [-0.39, 0.29) is 0 Å².